The fourth-order valence-corrected chi connectivity index (χ4v) is 2.28. The number of hydrogen-bond acceptors (Lipinski definition) is 6. The molecule has 0 saturated carbocycles. The van der Waals surface area contributed by atoms with Gasteiger partial charge in [-0.1, -0.05) is 34.1 Å². The summed E-state index contributed by atoms with van der Waals surface area (Å²) >= 11 is 0. The van der Waals surface area contributed by atoms with Crippen molar-refractivity contribution >= 4 is 29.7 Å². The Bertz CT molecular complexity index is 623. The van der Waals surface area contributed by atoms with E-state index in [2.05, 4.69) is 16.0 Å². The number of rotatable bonds is 12. The van der Waals surface area contributed by atoms with E-state index < -0.39 is 60.2 Å². The molecule has 3 amide bonds. The van der Waals surface area contributed by atoms with Crippen molar-refractivity contribution in [2.75, 3.05) is 0 Å². The number of nitrogens with one attached hydrogen (secondary N) is 3. The third-order valence-corrected chi connectivity index (χ3v) is 4.56. The summed E-state index contributed by atoms with van der Waals surface area (Å²) in [5.74, 6) is -5.47. The summed E-state index contributed by atoms with van der Waals surface area (Å²) in [6, 6.07) is -4.67. The quantitative estimate of drug-likeness (QED) is 0.235. The second kappa shape index (κ2) is 12.0. The topological polar surface area (TPSA) is 188 Å². The van der Waals surface area contributed by atoms with Crippen molar-refractivity contribution in [3.05, 3.63) is 0 Å². The van der Waals surface area contributed by atoms with Crippen LogP contribution < -0.4 is 21.7 Å². The highest BCUT2D eigenvalue weighted by atomic mass is 16.4. The molecule has 0 radical (unpaired) electrons. The molecule has 0 bridgehead atoms. The molecule has 11 nitrogen and oxygen atoms in total. The van der Waals surface area contributed by atoms with Crippen LogP contribution in [0.4, 0.5) is 0 Å². The van der Waals surface area contributed by atoms with Crippen molar-refractivity contribution in [3.63, 3.8) is 0 Å². The van der Waals surface area contributed by atoms with Crippen molar-refractivity contribution in [1.82, 2.24) is 16.0 Å². The molecule has 0 fully saturated rings. The van der Waals surface area contributed by atoms with E-state index >= 15 is 0 Å². The molecule has 0 aliphatic carbocycles. The number of amides is 3. The minimum Gasteiger partial charge on any atom is -0.481 e. The van der Waals surface area contributed by atoms with Gasteiger partial charge in [-0.3, -0.25) is 24.0 Å². The van der Waals surface area contributed by atoms with Gasteiger partial charge in [-0.15, -0.1) is 0 Å². The normalized spacial score (nSPS) is 16.1. The lowest BCUT2D eigenvalue weighted by atomic mass is 9.97. The zero-order chi connectivity index (χ0) is 22.9. The second-order valence-electron chi connectivity index (χ2n) is 7.37. The van der Waals surface area contributed by atoms with E-state index in [-0.39, 0.29) is 11.8 Å². The Kier molecular flexibility index (Phi) is 10.9. The highest BCUT2D eigenvalue weighted by Gasteiger charge is 2.33. The molecule has 0 saturated heterocycles. The third-order valence-electron chi connectivity index (χ3n) is 4.56. The van der Waals surface area contributed by atoms with E-state index in [0.29, 0.717) is 6.42 Å². The molecule has 166 valence electrons. The maximum absolute atomic E-state index is 12.6. The van der Waals surface area contributed by atoms with Crippen molar-refractivity contribution in [1.29, 1.82) is 0 Å². The first-order valence-electron chi connectivity index (χ1n) is 9.43. The van der Waals surface area contributed by atoms with Crippen LogP contribution in [0.25, 0.3) is 0 Å². The molecule has 0 spiro atoms. The van der Waals surface area contributed by atoms with E-state index in [9.17, 15) is 24.0 Å². The summed E-state index contributed by atoms with van der Waals surface area (Å²) < 4.78 is 0. The lowest BCUT2D eigenvalue weighted by Crippen LogP contribution is -2.59. The van der Waals surface area contributed by atoms with Gasteiger partial charge in [0.15, 0.2) is 0 Å². The van der Waals surface area contributed by atoms with Gasteiger partial charge in [0.1, 0.15) is 18.1 Å². The summed E-state index contributed by atoms with van der Waals surface area (Å²) in [7, 11) is 0. The van der Waals surface area contributed by atoms with Crippen LogP contribution in [0.2, 0.25) is 0 Å². The summed E-state index contributed by atoms with van der Waals surface area (Å²) in [4.78, 5) is 59.3. The number of nitrogens with two attached hydrogens (primary N) is 1. The Labute approximate surface area is 169 Å². The highest BCUT2D eigenvalue weighted by Crippen LogP contribution is 2.10. The molecular weight excluding hydrogens is 384 g/mol. The van der Waals surface area contributed by atoms with Crippen molar-refractivity contribution < 1.29 is 34.2 Å². The average Bonchev–Trinajstić information content (AvgIpc) is 2.62. The number of carboxylic acid groups (broad SMARTS) is 2. The monoisotopic (exact) mass is 416 g/mol. The zero-order valence-corrected chi connectivity index (χ0v) is 17.4. The standard InChI is InChI=1S/C18H32N4O7/c1-6-9(4)14(17(27)20-10(5)18(28)29)22-15(25)11(7-12(23)24)21-16(26)13(19)8(2)3/h8-11,13-14H,6-7,19H2,1-5H3,(H,20,27)(H,21,26)(H,22,25)(H,23,24)(H,28,29). The van der Waals surface area contributed by atoms with Gasteiger partial charge >= 0.3 is 11.9 Å². The molecule has 11 heteroatoms. The Balaban J connectivity index is 5.45. The number of aliphatic carboxylic acids is 2. The van der Waals surface area contributed by atoms with Gasteiger partial charge < -0.3 is 31.9 Å². The smallest absolute Gasteiger partial charge is 0.325 e. The van der Waals surface area contributed by atoms with Crippen LogP contribution in [0.1, 0.15) is 47.5 Å². The van der Waals surface area contributed by atoms with Gasteiger partial charge in [0.25, 0.3) is 0 Å². The minimum absolute atomic E-state index is 0.236. The van der Waals surface area contributed by atoms with E-state index in [1.165, 1.54) is 6.92 Å². The molecule has 0 heterocycles. The molecule has 7 N–H and O–H groups in total. The van der Waals surface area contributed by atoms with Gasteiger partial charge in [-0.25, -0.2) is 0 Å². The highest BCUT2D eigenvalue weighted by molar-refractivity contribution is 5.95. The number of hydrogen-bond donors (Lipinski definition) is 6. The third kappa shape index (κ3) is 8.90. The molecule has 0 aliphatic rings. The van der Waals surface area contributed by atoms with Crippen LogP contribution in [0.15, 0.2) is 0 Å². The molecule has 0 aromatic carbocycles. The fourth-order valence-electron chi connectivity index (χ4n) is 2.28. The zero-order valence-electron chi connectivity index (χ0n) is 17.4. The lowest BCUT2D eigenvalue weighted by Gasteiger charge is -2.27. The number of carboxylic acids is 2. The fraction of sp³-hybridized carbons (Fsp3) is 0.722. The second-order valence-corrected chi connectivity index (χ2v) is 7.37. The molecule has 0 aliphatic heterocycles. The van der Waals surface area contributed by atoms with Gasteiger partial charge in [0.2, 0.25) is 17.7 Å². The average molecular weight is 416 g/mol. The van der Waals surface area contributed by atoms with Crippen LogP contribution in [-0.4, -0.2) is 64.0 Å². The van der Waals surface area contributed by atoms with E-state index in [1.807, 2.05) is 0 Å². The Morgan fingerprint density at radius 1 is 0.862 bits per heavy atom. The van der Waals surface area contributed by atoms with Gasteiger partial charge in [0.05, 0.1) is 12.5 Å². The lowest BCUT2D eigenvalue weighted by molar-refractivity contribution is -0.143. The van der Waals surface area contributed by atoms with E-state index in [0.717, 1.165) is 0 Å². The van der Waals surface area contributed by atoms with Crippen LogP contribution in [0.3, 0.4) is 0 Å². The number of carbonyl (C=O) groups excluding carboxylic acids is 3. The molecule has 0 rings (SSSR count). The SMILES string of the molecule is CCC(C)C(NC(=O)C(CC(=O)O)NC(=O)C(N)C(C)C)C(=O)NC(C)C(=O)O. The molecule has 5 unspecified atom stereocenters. The summed E-state index contributed by atoms with van der Waals surface area (Å²) in [6.45, 7) is 8.12. The summed E-state index contributed by atoms with van der Waals surface area (Å²) in [6.07, 6.45) is -0.225. The Morgan fingerprint density at radius 3 is 1.83 bits per heavy atom. The molecule has 5 atom stereocenters. The van der Waals surface area contributed by atoms with E-state index in [1.54, 1.807) is 27.7 Å². The largest absolute Gasteiger partial charge is 0.481 e. The predicted octanol–water partition coefficient (Wildman–Crippen LogP) is -0.951. The van der Waals surface area contributed by atoms with Crippen LogP contribution >= 0.6 is 0 Å². The first-order chi connectivity index (χ1) is 13.3. The minimum atomic E-state index is -1.44. The van der Waals surface area contributed by atoms with Crippen LogP contribution in [0, 0.1) is 11.8 Å². The van der Waals surface area contributed by atoms with Crippen LogP contribution in [-0.2, 0) is 24.0 Å². The maximum Gasteiger partial charge on any atom is 0.325 e. The first-order valence-corrected chi connectivity index (χ1v) is 9.43. The van der Waals surface area contributed by atoms with Crippen molar-refractivity contribution in [2.24, 2.45) is 17.6 Å². The van der Waals surface area contributed by atoms with Crippen LogP contribution in [0.5, 0.6) is 0 Å². The Morgan fingerprint density at radius 2 is 1.41 bits per heavy atom. The Hall–Kier alpha value is -2.69. The van der Waals surface area contributed by atoms with Gasteiger partial charge in [-0.05, 0) is 18.8 Å². The van der Waals surface area contributed by atoms with Crippen molar-refractivity contribution in [3.8, 4) is 0 Å². The number of carbonyl (C=O) groups is 5. The van der Waals surface area contributed by atoms with Gasteiger partial charge in [0, 0.05) is 0 Å². The molecule has 0 aromatic rings. The van der Waals surface area contributed by atoms with Gasteiger partial charge in [-0.2, -0.15) is 0 Å². The van der Waals surface area contributed by atoms with Crippen molar-refractivity contribution in [2.45, 2.75) is 71.6 Å². The maximum atomic E-state index is 12.6. The molecule has 0 aromatic heterocycles. The summed E-state index contributed by atoms with van der Waals surface area (Å²) in [5.41, 5.74) is 5.73. The predicted molar refractivity (Wildman–Crippen MR) is 104 cm³/mol. The first kappa shape index (κ1) is 26.3. The molecular formula is C18H32N4O7. The summed E-state index contributed by atoms with van der Waals surface area (Å²) in [5, 5.41) is 25.0. The molecule has 29 heavy (non-hydrogen) atoms. The van der Waals surface area contributed by atoms with E-state index in [4.69, 9.17) is 15.9 Å².